The molecule has 0 amide bonds. The summed E-state index contributed by atoms with van der Waals surface area (Å²) in [5, 5.41) is 9.22. The molecule has 4 aromatic rings. The van der Waals surface area contributed by atoms with Crippen molar-refractivity contribution in [3.8, 4) is 17.1 Å². The minimum atomic E-state index is 0.580. The summed E-state index contributed by atoms with van der Waals surface area (Å²) in [6.45, 7) is 4.62. The van der Waals surface area contributed by atoms with E-state index >= 15 is 0 Å². The lowest BCUT2D eigenvalue weighted by atomic mass is 10.2. The van der Waals surface area contributed by atoms with Gasteiger partial charge in [-0.1, -0.05) is 18.5 Å². The van der Waals surface area contributed by atoms with Gasteiger partial charge in [-0.05, 0) is 43.7 Å². The first-order valence-corrected chi connectivity index (χ1v) is 8.46. The molecule has 0 spiro atoms. The molecule has 0 unspecified atom stereocenters. The smallest absolute Gasteiger partial charge is 0.184 e. The van der Waals surface area contributed by atoms with Crippen LogP contribution in [0.2, 0.25) is 5.02 Å². The SMILES string of the molecule is CCCOc1ccc(Cl)c(-c2nnc3c(C)nc4cccnc4n23)c1. The van der Waals surface area contributed by atoms with Crippen LogP contribution in [-0.4, -0.2) is 31.2 Å². The number of aromatic nitrogens is 5. The molecular formula is C18H16ClN5O. The largest absolute Gasteiger partial charge is 0.494 e. The number of halogens is 1. The summed E-state index contributed by atoms with van der Waals surface area (Å²) in [5.41, 5.74) is 3.67. The van der Waals surface area contributed by atoms with Crippen molar-refractivity contribution in [3.63, 3.8) is 0 Å². The molecule has 0 saturated carbocycles. The van der Waals surface area contributed by atoms with Crippen molar-refractivity contribution < 1.29 is 4.74 Å². The van der Waals surface area contributed by atoms with E-state index in [0.717, 1.165) is 28.9 Å². The second kappa shape index (κ2) is 6.29. The van der Waals surface area contributed by atoms with E-state index in [1.54, 1.807) is 6.20 Å². The number of rotatable bonds is 4. The molecule has 6 nitrogen and oxygen atoms in total. The molecule has 0 aliphatic rings. The third-order valence-corrected chi connectivity index (χ3v) is 4.23. The van der Waals surface area contributed by atoms with Gasteiger partial charge in [0, 0.05) is 11.8 Å². The Morgan fingerprint density at radius 2 is 2.04 bits per heavy atom. The molecule has 1 aromatic carbocycles. The van der Waals surface area contributed by atoms with Crippen LogP contribution in [0.5, 0.6) is 5.75 Å². The van der Waals surface area contributed by atoms with E-state index in [-0.39, 0.29) is 0 Å². The van der Waals surface area contributed by atoms with Crippen molar-refractivity contribution in [2.24, 2.45) is 0 Å². The molecule has 4 rings (SSSR count). The molecule has 0 fully saturated rings. The Balaban J connectivity index is 1.99. The molecule has 7 heteroatoms. The van der Waals surface area contributed by atoms with Crippen LogP contribution in [0.1, 0.15) is 19.0 Å². The fraction of sp³-hybridized carbons (Fsp3) is 0.222. The van der Waals surface area contributed by atoms with Gasteiger partial charge in [0.25, 0.3) is 0 Å². The third kappa shape index (κ3) is 2.68. The van der Waals surface area contributed by atoms with E-state index in [2.05, 4.69) is 27.1 Å². The van der Waals surface area contributed by atoms with Crippen LogP contribution in [0.15, 0.2) is 36.5 Å². The number of hydrogen-bond acceptors (Lipinski definition) is 5. The second-order valence-electron chi connectivity index (χ2n) is 5.72. The number of fused-ring (bicyclic) bond motifs is 3. The lowest BCUT2D eigenvalue weighted by Crippen LogP contribution is -2.00. The molecule has 0 saturated heterocycles. The van der Waals surface area contributed by atoms with Gasteiger partial charge < -0.3 is 4.74 Å². The minimum absolute atomic E-state index is 0.580. The number of benzene rings is 1. The maximum absolute atomic E-state index is 6.44. The molecule has 0 radical (unpaired) electrons. The highest BCUT2D eigenvalue weighted by Crippen LogP contribution is 2.32. The first-order valence-electron chi connectivity index (χ1n) is 8.08. The molecule has 0 bridgehead atoms. The predicted octanol–water partition coefficient (Wildman–Crippen LogP) is 4.09. The van der Waals surface area contributed by atoms with Crippen molar-refractivity contribution in [2.75, 3.05) is 6.61 Å². The van der Waals surface area contributed by atoms with Gasteiger partial charge in [0.15, 0.2) is 17.1 Å². The molecular weight excluding hydrogens is 338 g/mol. The van der Waals surface area contributed by atoms with E-state index in [4.69, 9.17) is 16.3 Å². The average molecular weight is 354 g/mol. The quantitative estimate of drug-likeness (QED) is 0.553. The van der Waals surface area contributed by atoms with Crippen molar-refractivity contribution in [2.45, 2.75) is 20.3 Å². The monoisotopic (exact) mass is 353 g/mol. The summed E-state index contributed by atoms with van der Waals surface area (Å²) in [6.07, 6.45) is 2.66. The molecule has 3 aromatic heterocycles. The Morgan fingerprint density at radius 3 is 2.88 bits per heavy atom. The highest BCUT2D eigenvalue weighted by Gasteiger charge is 2.17. The van der Waals surface area contributed by atoms with Gasteiger partial charge in [0.05, 0.1) is 17.3 Å². The Morgan fingerprint density at radius 1 is 1.16 bits per heavy atom. The van der Waals surface area contributed by atoms with E-state index in [1.807, 2.05) is 41.7 Å². The topological polar surface area (TPSA) is 65.2 Å². The van der Waals surface area contributed by atoms with Crippen LogP contribution >= 0.6 is 11.6 Å². The van der Waals surface area contributed by atoms with E-state index in [0.29, 0.717) is 28.7 Å². The summed E-state index contributed by atoms with van der Waals surface area (Å²) >= 11 is 6.44. The van der Waals surface area contributed by atoms with Gasteiger partial charge in [0.1, 0.15) is 11.3 Å². The van der Waals surface area contributed by atoms with Crippen LogP contribution in [0, 0.1) is 6.92 Å². The molecule has 0 N–H and O–H groups in total. The zero-order valence-electron chi connectivity index (χ0n) is 13.9. The van der Waals surface area contributed by atoms with Gasteiger partial charge in [-0.25, -0.2) is 9.97 Å². The number of pyridine rings is 1. The first-order chi connectivity index (χ1) is 12.2. The average Bonchev–Trinajstić information content (AvgIpc) is 3.07. The van der Waals surface area contributed by atoms with Gasteiger partial charge in [-0.2, -0.15) is 0 Å². The zero-order valence-corrected chi connectivity index (χ0v) is 14.7. The molecule has 0 atom stereocenters. The van der Waals surface area contributed by atoms with Crippen LogP contribution in [0.25, 0.3) is 28.2 Å². The van der Waals surface area contributed by atoms with Crippen molar-refractivity contribution in [1.29, 1.82) is 0 Å². The molecule has 25 heavy (non-hydrogen) atoms. The van der Waals surface area contributed by atoms with E-state index < -0.39 is 0 Å². The highest BCUT2D eigenvalue weighted by atomic mass is 35.5. The molecule has 126 valence electrons. The van der Waals surface area contributed by atoms with Gasteiger partial charge >= 0.3 is 0 Å². The van der Waals surface area contributed by atoms with Gasteiger partial charge in [0.2, 0.25) is 0 Å². The fourth-order valence-electron chi connectivity index (χ4n) is 2.76. The summed E-state index contributed by atoms with van der Waals surface area (Å²) in [5.74, 6) is 1.37. The van der Waals surface area contributed by atoms with Crippen molar-refractivity contribution >= 4 is 28.4 Å². The van der Waals surface area contributed by atoms with E-state index in [1.165, 1.54) is 0 Å². The normalized spacial score (nSPS) is 11.3. The van der Waals surface area contributed by atoms with Crippen LogP contribution < -0.4 is 4.74 Å². The van der Waals surface area contributed by atoms with Crippen LogP contribution in [0.3, 0.4) is 0 Å². The number of aryl methyl sites for hydroxylation is 1. The summed E-state index contributed by atoms with van der Waals surface area (Å²) in [7, 11) is 0. The lowest BCUT2D eigenvalue weighted by molar-refractivity contribution is 0.317. The predicted molar refractivity (Wildman–Crippen MR) is 97.1 cm³/mol. The lowest BCUT2D eigenvalue weighted by Gasteiger charge is -2.09. The van der Waals surface area contributed by atoms with E-state index in [9.17, 15) is 0 Å². The summed E-state index contributed by atoms with van der Waals surface area (Å²) < 4.78 is 7.62. The second-order valence-corrected chi connectivity index (χ2v) is 6.12. The Kier molecular flexibility index (Phi) is 3.97. The van der Waals surface area contributed by atoms with Gasteiger partial charge in [-0.3, -0.25) is 4.40 Å². The molecule has 0 aliphatic carbocycles. The van der Waals surface area contributed by atoms with Crippen LogP contribution in [0.4, 0.5) is 0 Å². The first kappa shape index (κ1) is 15.8. The number of ether oxygens (including phenoxy) is 1. The Hall–Kier alpha value is -2.73. The standard InChI is InChI=1S/C18H16ClN5O/c1-3-9-25-12-6-7-14(19)13(10-12)17-23-22-16-11(2)21-15-5-4-8-20-18(15)24(16)17/h4-8,10H,3,9H2,1-2H3. The Labute approximate surface area is 149 Å². The highest BCUT2D eigenvalue weighted by molar-refractivity contribution is 6.33. The maximum Gasteiger partial charge on any atom is 0.184 e. The number of nitrogens with zero attached hydrogens (tertiary/aromatic N) is 5. The Bertz CT molecular complexity index is 1080. The molecule has 3 heterocycles. The van der Waals surface area contributed by atoms with Crippen LogP contribution in [-0.2, 0) is 0 Å². The van der Waals surface area contributed by atoms with Crippen molar-refractivity contribution in [1.82, 2.24) is 24.6 Å². The summed E-state index contributed by atoms with van der Waals surface area (Å²) in [6, 6.07) is 9.33. The van der Waals surface area contributed by atoms with Gasteiger partial charge in [-0.15, -0.1) is 10.2 Å². The van der Waals surface area contributed by atoms with Crippen molar-refractivity contribution in [3.05, 3.63) is 47.2 Å². The minimum Gasteiger partial charge on any atom is -0.494 e. The fourth-order valence-corrected chi connectivity index (χ4v) is 2.96. The molecule has 0 aliphatic heterocycles. The maximum atomic E-state index is 6.44. The zero-order chi connectivity index (χ0) is 17.4. The summed E-state index contributed by atoms with van der Waals surface area (Å²) in [4.78, 5) is 9.00. The third-order valence-electron chi connectivity index (χ3n) is 3.90. The number of hydrogen-bond donors (Lipinski definition) is 0.